The molecule has 6 heteroatoms. The van der Waals surface area contributed by atoms with Crippen molar-refractivity contribution in [2.75, 3.05) is 41.9 Å². The normalized spacial score (nSPS) is 11.4. The molecule has 0 spiro atoms. The van der Waals surface area contributed by atoms with Gasteiger partial charge in [0.1, 0.15) is 0 Å². The quantitative estimate of drug-likeness (QED) is 0.477. The van der Waals surface area contributed by atoms with Crippen molar-refractivity contribution in [3.05, 3.63) is 23.8 Å². The van der Waals surface area contributed by atoms with Crippen LogP contribution in [0.4, 0.5) is 0 Å². The van der Waals surface area contributed by atoms with E-state index in [0.29, 0.717) is 22.5 Å². The molecule has 0 saturated carbocycles. The minimum Gasteiger partial charge on any atom is -0.493 e. The number of methoxy groups -OCH3 is 2. The van der Waals surface area contributed by atoms with Crippen LogP contribution in [0.15, 0.2) is 23.3 Å². The van der Waals surface area contributed by atoms with Crippen molar-refractivity contribution >= 4 is 12.1 Å². The van der Waals surface area contributed by atoms with E-state index in [1.54, 1.807) is 32.6 Å². The molecular weight excluding hydrogens is 258 g/mol. The molecule has 20 heavy (non-hydrogen) atoms. The van der Waals surface area contributed by atoms with Crippen molar-refractivity contribution < 1.29 is 18.8 Å². The Labute approximate surface area is 119 Å². The first-order valence-corrected chi connectivity index (χ1v) is 6.20. The number of hydrogen-bond donors (Lipinski definition) is 1. The third-order valence-corrected chi connectivity index (χ3v) is 2.43. The Hall–Kier alpha value is -2.08. The fourth-order valence-corrected chi connectivity index (χ4v) is 1.58. The van der Waals surface area contributed by atoms with Crippen LogP contribution in [-0.2, 0) is 4.79 Å². The summed E-state index contributed by atoms with van der Waals surface area (Å²) in [6, 6.07) is 5.40. The molecule has 0 saturated heterocycles. The molecule has 0 bridgehead atoms. The van der Waals surface area contributed by atoms with Crippen LogP contribution in [0.1, 0.15) is 5.56 Å². The number of carbonyl (C=O) groups is 1. The van der Waals surface area contributed by atoms with Crippen molar-refractivity contribution in [1.82, 2.24) is 5.43 Å². The third-order valence-electron chi connectivity index (χ3n) is 2.43. The minimum absolute atomic E-state index is 0.130. The van der Waals surface area contributed by atoms with E-state index in [-0.39, 0.29) is 5.91 Å². The fraction of sp³-hybridized carbons (Fsp3) is 0.429. The van der Waals surface area contributed by atoms with E-state index in [2.05, 4.69) is 10.5 Å². The van der Waals surface area contributed by atoms with Crippen LogP contribution in [0.25, 0.3) is 0 Å². The molecule has 0 radical (unpaired) electrons. The monoisotopic (exact) mass is 280 g/mol. The fourth-order valence-electron chi connectivity index (χ4n) is 1.58. The number of hydrogen-bond acceptors (Lipinski definition) is 4. The second kappa shape index (κ2) is 6.91. The highest BCUT2D eigenvalue weighted by Gasteiger charge is 2.13. The number of carbonyl (C=O) groups excluding carboxylic acids is 1. The predicted molar refractivity (Wildman–Crippen MR) is 78.2 cm³/mol. The van der Waals surface area contributed by atoms with E-state index in [4.69, 9.17) is 9.47 Å². The van der Waals surface area contributed by atoms with E-state index in [0.717, 1.165) is 5.56 Å². The topological polar surface area (TPSA) is 59.9 Å². The molecule has 0 aliphatic carbocycles. The van der Waals surface area contributed by atoms with Crippen LogP contribution in [0.2, 0.25) is 0 Å². The number of benzene rings is 1. The maximum absolute atomic E-state index is 11.6. The number of likely N-dealkylation sites (N-methyl/N-ethyl adjacent to an activating group) is 1. The molecule has 0 fully saturated rings. The summed E-state index contributed by atoms with van der Waals surface area (Å²) in [6.45, 7) is 0.364. The third kappa shape index (κ3) is 5.27. The van der Waals surface area contributed by atoms with E-state index >= 15 is 0 Å². The molecule has 1 N–H and O–H groups in total. The van der Waals surface area contributed by atoms with Gasteiger partial charge in [-0.05, 0) is 23.8 Å². The first-order chi connectivity index (χ1) is 9.35. The Morgan fingerprint density at radius 1 is 1.25 bits per heavy atom. The Kier molecular flexibility index (Phi) is 5.52. The average Bonchev–Trinajstić information content (AvgIpc) is 2.36. The molecule has 0 aromatic heterocycles. The highest BCUT2D eigenvalue weighted by molar-refractivity contribution is 5.83. The van der Waals surface area contributed by atoms with Gasteiger partial charge < -0.3 is 14.0 Å². The van der Waals surface area contributed by atoms with Gasteiger partial charge >= 0.3 is 0 Å². The number of nitrogens with one attached hydrogen (secondary N) is 1. The lowest BCUT2D eigenvalue weighted by atomic mass is 10.2. The average molecular weight is 280 g/mol. The van der Waals surface area contributed by atoms with Gasteiger partial charge in [-0.15, -0.1) is 0 Å². The van der Waals surface area contributed by atoms with E-state index in [1.807, 2.05) is 27.2 Å². The number of amides is 1. The smallest absolute Gasteiger partial charge is 0.295 e. The molecule has 1 amide bonds. The standard InChI is InChI=1S/C14H21N3O3/c1-17(2,3)10-14(18)16-15-9-11-6-7-12(19-4)13(8-11)20-5/h6-9H,10H2,1-5H3/p+1. The predicted octanol–water partition coefficient (Wildman–Crippen LogP) is 0.860. The highest BCUT2D eigenvalue weighted by Crippen LogP contribution is 2.26. The van der Waals surface area contributed by atoms with Gasteiger partial charge in [-0.1, -0.05) is 0 Å². The molecule has 0 atom stereocenters. The van der Waals surface area contributed by atoms with Gasteiger partial charge in [0.2, 0.25) is 0 Å². The van der Waals surface area contributed by atoms with Crippen molar-refractivity contribution in [2.45, 2.75) is 0 Å². The lowest BCUT2D eigenvalue weighted by molar-refractivity contribution is -0.862. The number of quaternary nitrogens is 1. The summed E-state index contributed by atoms with van der Waals surface area (Å²) in [7, 11) is 8.98. The summed E-state index contributed by atoms with van der Waals surface area (Å²) in [6.07, 6.45) is 1.56. The van der Waals surface area contributed by atoms with Gasteiger partial charge in [0.25, 0.3) is 5.91 Å². The van der Waals surface area contributed by atoms with E-state index < -0.39 is 0 Å². The number of rotatable bonds is 6. The Morgan fingerprint density at radius 3 is 2.45 bits per heavy atom. The Balaban J connectivity index is 2.65. The Bertz CT molecular complexity index is 493. The van der Waals surface area contributed by atoms with Crippen LogP contribution >= 0.6 is 0 Å². The molecule has 0 aliphatic heterocycles. The molecule has 6 nitrogen and oxygen atoms in total. The van der Waals surface area contributed by atoms with E-state index in [9.17, 15) is 4.79 Å². The van der Waals surface area contributed by atoms with Crippen LogP contribution in [0.5, 0.6) is 11.5 Å². The summed E-state index contributed by atoms with van der Waals surface area (Å²) in [5.74, 6) is 1.14. The van der Waals surface area contributed by atoms with Crippen LogP contribution in [0.3, 0.4) is 0 Å². The SMILES string of the molecule is COc1ccc(C=NNC(=O)C[N+](C)(C)C)cc1OC. The van der Waals surface area contributed by atoms with Gasteiger partial charge in [-0.2, -0.15) is 5.10 Å². The first kappa shape index (κ1) is 16.0. The molecule has 110 valence electrons. The second-order valence-corrected chi connectivity index (χ2v) is 5.36. The van der Waals surface area contributed by atoms with Gasteiger partial charge in [-0.3, -0.25) is 4.79 Å². The maximum Gasteiger partial charge on any atom is 0.295 e. The van der Waals surface area contributed by atoms with Crippen LogP contribution < -0.4 is 14.9 Å². The van der Waals surface area contributed by atoms with Gasteiger partial charge in [0.05, 0.1) is 41.6 Å². The Morgan fingerprint density at radius 2 is 1.90 bits per heavy atom. The molecule has 1 aromatic rings. The summed E-state index contributed by atoms with van der Waals surface area (Å²) in [5, 5.41) is 3.93. The lowest BCUT2D eigenvalue weighted by Gasteiger charge is -2.21. The maximum atomic E-state index is 11.6. The highest BCUT2D eigenvalue weighted by atomic mass is 16.5. The molecule has 0 unspecified atom stereocenters. The number of nitrogens with zero attached hydrogens (tertiary/aromatic N) is 2. The van der Waals surface area contributed by atoms with Crippen LogP contribution in [0, 0.1) is 0 Å². The zero-order valence-electron chi connectivity index (χ0n) is 12.6. The number of hydrazone groups is 1. The van der Waals surface area contributed by atoms with Crippen LogP contribution in [-0.4, -0.2) is 58.5 Å². The van der Waals surface area contributed by atoms with Crippen molar-refractivity contribution in [3.63, 3.8) is 0 Å². The summed E-state index contributed by atoms with van der Waals surface area (Å²) in [4.78, 5) is 11.6. The van der Waals surface area contributed by atoms with Gasteiger partial charge in [0, 0.05) is 0 Å². The molecule has 0 aliphatic rings. The summed E-state index contributed by atoms with van der Waals surface area (Å²) >= 11 is 0. The van der Waals surface area contributed by atoms with Gasteiger partial charge in [-0.25, -0.2) is 5.43 Å². The largest absolute Gasteiger partial charge is 0.493 e. The summed E-state index contributed by atoms with van der Waals surface area (Å²) < 4.78 is 10.9. The first-order valence-electron chi connectivity index (χ1n) is 6.20. The zero-order valence-corrected chi connectivity index (χ0v) is 12.6. The van der Waals surface area contributed by atoms with Crippen molar-refractivity contribution in [1.29, 1.82) is 0 Å². The van der Waals surface area contributed by atoms with Crippen molar-refractivity contribution in [2.24, 2.45) is 5.10 Å². The number of ether oxygens (including phenoxy) is 2. The summed E-state index contributed by atoms with van der Waals surface area (Å²) in [5.41, 5.74) is 3.31. The lowest BCUT2D eigenvalue weighted by Crippen LogP contribution is -2.43. The minimum atomic E-state index is -0.130. The van der Waals surface area contributed by atoms with Crippen molar-refractivity contribution in [3.8, 4) is 11.5 Å². The second-order valence-electron chi connectivity index (χ2n) is 5.36. The zero-order chi connectivity index (χ0) is 15.2. The molecule has 1 rings (SSSR count). The molecular formula is C14H22N3O3+. The molecule has 1 aromatic carbocycles. The molecule has 0 heterocycles. The van der Waals surface area contributed by atoms with E-state index in [1.165, 1.54) is 0 Å². The van der Waals surface area contributed by atoms with Gasteiger partial charge in [0.15, 0.2) is 18.0 Å².